The Balaban J connectivity index is 1.82. The fraction of sp³-hybridized carbons (Fsp3) is 0.158. The van der Waals surface area contributed by atoms with Crippen LogP contribution >= 0.6 is 11.6 Å². The Hall–Kier alpha value is -2.46. The second-order valence-corrected chi connectivity index (χ2v) is 5.75. The molecule has 0 fully saturated rings. The Morgan fingerprint density at radius 1 is 1.08 bits per heavy atom. The van der Waals surface area contributed by atoms with Crippen LogP contribution in [0.4, 0.5) is 4.39 Å². The lowest BCUT2D eigenvalue weighted by atomic mass is 10.0. The zero-order valence-electron chi connectivity index (χ0n) is 13.3. The van der Waals surface area contributed by atoms with Crippen LogP contribution in [-0.2, 0) is 6.54 Å². The van der Waals surface area contributed by atoms with Gasteiger partial charge in [-0.3, -0.25) is 5.01 Å². The Morgan fingerprint density at radius 2 is 1.79 bits per heavy atom. The molecule has 0 unspecified atom stereocenters. The summed E-state index contributed by atoms with van der Waals surface area (Å²) in [4.78, 5) is 0. The summed E-state index contributed by atoms with van der Waals surface area (Å²) >= 11 is 6.00. The lowest BCUT2D eigenvalue weighted by Crippen LogP contribution is -2.35. The van der Waals surface area contributed by atoms with Crippen LogP contribution in [0.5, 0.6) is 5.75 Å². The molecule has 24 heavy (non-hydrogen) atoms. The summed E-state index contributed by atoms with van der Waals surface area (Å²) in [5, 5.41) is 1.97. The molecule has 0 bridgehead atoms. The number of hydrazine groups is 1. The van der Waals surface area contributed by atoms with E-state index < -0.39 is 0 Å². The first-order valence-corrected chi connectivity index (χ1v) is 8.12. The third kappa shape index (κ3) is 3.89. The maximum absolute atomic E-state index is 13.1. The fourth-order valence-corrected chi connectivity index (χ4v) is 2.66. The molecule has 0 saturated heterocycles. The Labute approximate surface area is 146 Å². The van der Waals surface area contributed by atoms with Crippen molar-refractivity contribution in [2.75, 3.05) is 13.0 Å². The van der Waals surface area contributed by atoms with Crippen LogP contribution in [0, 0.1) is 5.82 Å². The van der Waals surface area contributed by atoms with Crippen LogP contribution in [0.2, 0.25) is 0 Å². The van der Waals surface area contributed by atoms with Crippen LogP contribution in [0.1, 0.15) is 11.1 Å². The van der Waals surface area contributed by atoms with Gasteiger partial charge in [-0.25, -0.2) is 4.39 Å². The minimum atomic E-state index is -0.245. The van der Waals surface area contributed by atoms with Gasteiger partial charge in [0, 0.05) is 17.5 Å². The first-order valence-electron chi connectivity index (χ1n) is 7.58. The number of rotatable bonds is 5. The standard InChI is InChI=1S/C19H18ClFN2O/c1-24-19-8-2-14(3-9-19)12-23-13-16(10-18(11-20)22-23)15-4-6-17(21)7-5-15/h2-10,13,22H,11-12H2,1H3. The van der Waals surface area contributed by atoms with Crippen molar-refractivity contribution in [1.82, 2.24) is 10.4 Å². The number of ether oxygens (including phenoxy) is 1. The number of benzene rings is 2. The van der Waals surface area contributed by atoms with Crippen LogP contribution < -0.4 is 10.2 Å². The summed E-state index contributed by atoms with van der Waals surface area (Å²) < 4.78 is 18.3. The van der Waals surface area contributed by atoms with Gasteiger partial charge in [-0.05, 0) is 41.5 Å². The number of hydrogen-bond donors (Lipinski definition) is 1. The van der Waals surface area contributed by atoms with Crippen molar-refractivity contribution in [2.45, 2.75) is 6.54 Å². The maximum Gasteiger partial charge on any atom is 0.123 e. The summed E-state index contributed by atoms with van der Waals surface area (Å²) in [7, 11) is 1.65. The van der Waals surface area contributed by atoms with Crippen molar-refractivity contribution < 1.29 is 9.13 Å². The van der Waals surface area contributed by atoms with Gasteiger partial charge < -0.3 is 10.2 Å². The smallest absolute Gasteiger partial charge is 0.123 e. The Kier molecular flexibility index (Phi) is 5.06. The fourth-order valence-electron chi connectivity index (χ4n) is 2.52. The summed E-state index contributed by atoms with van der Waals surface area (Å²) in [6.45, 7) is 0.670. The minimum Gasteiger partial charge on any atom is -0.497 e. The van der Waals surface area contributed by atoms with E-state index >= 15 is 0 Å². The molecular formula is C19H18ClFN2O. The van der Waals surface area contributed by atoms with Gasteiger partial charge in [-0.15, -0.1) is 11.6 Å². The van der Waals surface area contributed by atoms with Gasteiger partial charge in [0.2, 0.25) is 0 Å². The topological polar surface area (TPSA) is 24.5 Å². The minimum absolute atomic E-state index is 0.245. The highest BCUT2D eigenvalue weighted by Crippen LogP contribution is 2.23. The van der Waals surface area contributed by atoms with Gasteiger partial charge in [0.05, 0.1) is 19.5 Å². The van der Waals surface area contributed by atoms with Crippen molar-refractivity contribution in [3.63, 3.8) is 0 Å². The van der Waals surface area contributed by atoms with Crippen LogP contribution in [-0.4, -0.2) is 18.0 Å². The second-order valence-electron chi connectivity index (χ2n) is 5.48. The summed E-state index contributed by atoms with van der Waals surface area (Å²) in [6.07, 6.45) is 3.97. The van der Waals surface area contributed by atoms with Crippen LogP contribution in [0.3, 0.4) is 0 Å². The SMILES string of the molecule is COc1ccc(CN2C=C(c3ccc(F)cc3)C=C(CCl)N2)cc1. The Bertz CT molecular complexity index is 754. The monoisotopic (exact) mass is 344 g/mol. The van der Waals surface area contributed by atoms with Crippen molar-refractivity contribution in [3.8, 4) is 5.75 Å². The van der Waals surface area contributed by atoms with E-state index in [9.17, 15) is 4.39 Å². The highest BCUT2D eigenvalue weighted by molar-refractivity contribution is 6.19. The largest absolute Gasteiger partial charge is 0.497 e. The normalized spacial score (nSPS) is 13.9. The van der Waals surface area contributed by atoms with Crippen molar-refractivity contribution in [2.24, 2.45) is 0 Å². The van der Waals surface area contributed by atoms with Gasteiger partial charge >= 0.3 is 0 Å². The van der Waals surface area contributed by atoms with Crippen molar-refractivity contribution in [1.29, 1.82) is 0 Å². The number of allylic oxidation sites excluding steroid dienone is 3. The lowest BCUT2D eigenvalue weighted by molar-refractivity contribution is 0.293. The predicted molar refractivity (Wildman–Crippen MR) is 94.9 cm³/mol. The van der Waals surface area contributed by atoms with E-state index in [0.29, 0.717) is 12.4 Å². The molecular weight excluding hydrogens is 327 g/mol. The number of methoxy groups -OCH3 is 1. The zero-order chi connectivity index (χ0) is 16.9. The van der Waals surface area contributed by atoms with E-state index in [-0.39, 0.29) is 5.82 Å². The van der Waals surface area contributed by atoms with Gasteiger partial charge in [-0.2, -0.15) is 0 Å². The number of halogens is 2. The highest BCUT2D eigenvalue weighted by Gasteiger charge is 2.13. The van der Waals surface area contributed by atoms with E-state index in [1.54, 1.807) is 19.2 Å². The molecule has 0 spiro atoms. The predicted octanol–water partition coefficient (Wildman–Crippen LogP) is 4.32. The van der Waals surface area contributed by atoms with Gasteiger partial charge in [-0.1, -0.05) is 24.3 Å². The van der Waals surface area contributed by atoms with E-state index in [0.717, 1.165) is 28.1 Å². The molecule has 2 aromatic rings. The average molecular weight is 345 g/mol. The highest BCUT2D eigenvalue weighted by atomic mass is 35.5. The quantitative estimate of drug-likeness (QED) is 0.818. The molecule has 1 aliphatic heterocycles. The average Bonchev–Trinajstić information content (AvgIpc) is 2.62. The summed E-state index contributed by atoms with van der Waals surface area (Å²) in [5.41, 5.74) is 7.23. The second kappa shape index (κ2) is 7.41. The zero-order valence-corrected chi connectivity index (χ0v) is 14.1. The van der Waals surface area contributed by atoms with E-state index in [4.69, 9.17) is 16.3 Å². The molecule has 0 aliphatic carbocycles. The van der Waals surface area contributed by atoms with Crippen LogP contribution in [0.15, 0.2) is 66.5 Å². The molecule has 124 valence electrons. The number of alkyl halides is 1. The molecule has 1 aliphatic rings. The third-order valence-electron chi connectivity index (χ3n) is 3.75. The Morgan fingerprint density at radius 3 is 2.42 bits per heavy atom. The molecule has 0 amide bonds. The third-order valence-corrected chi connectivity index (χ3v) is 4.03. The van der Waals surface area contributed by atoms with Crippen molar-refractivity contribution in [3.05, 3.63) is 83.4 Å². The molecule has 0 radical (unpaired) electrons. The number of hydrogen-bond acceptors (Lipinski definition) is 3. The van der Waals surface area contributed by atoms with Gasteiger partial charge in [0.15, 0.2) is 0 Å². The first kappa shape index (κ1) is 16.4. The summed E-state index contributed by atoms with van der Waals surface area (Å²) in [5.74, 6) is 0.955. The molecule has 1 N–H and O–H groups in total. The molecule has 2 aromatic carbocycles. The van der Waals surface area contributed by atoms with Crippen molar-refractivity contribution >= 4 is 17.2 Å². The van der Waals surface area contributed by atoms with Crippen LogP contribution in [0.25, 0.3) is 5.57 Å². The molecule has 1 heterocycles. The molecule has 3 nitrogen and oxygen atoms in total. The van der Waals surface area contributed by atoms with Gasteiger partial charge in [0.25, 0.3) is 0 Å². The van der Waals surface area contributed by atoms with E-state index in [1.807, 2.05) is 41.6 Å². The van der Waals surface area contributed by atoms with E-state index in [2.05, 4.69) is 5.43 Å². The molecule has 5 heteroatoms. The molecule has 0 saturated carbocycles. The maximum atomic E-state index is 13.1. The molecule has 0 atom stereocenters. The summed E-state index contributed by atoms with van der Waals surface area (Å²) in [6, 6.07) is 14.3. The first-order chi connectivity index (χ1) is 11.7. The molecule has 0 aromatic heterocycles. The van der Waals surface area contributed by atoms with Gasteiger partial charge in [0.1, 0.15) is 11.6 Å². The number of nitrogens with one attached hydrogen (secondary N) is 1. The lowest BCUT2D eigenvalue weighted by Gasteiger charge is -2.28. The number of nitrogens with zero attached hydrogens (tertiary/aromatic N) is 1. The van der Waals surface area contributed by atoms with E-state index in [1.165, 1.54) is 12.1 Å². The molecule has 3 rings (SSSR count).